The van der Waals surface area contributed by atoms with Crippen molar-refractivity contribution in [1.29, 1.82) is 0 Å². The highest BCUT2D eigenvalue weighted by Gasteiger charge is 2.57. The van der Waals surface area contributed by atoms with Crippen molar-refractivity contribution < 1.29 is 19.7 Å². The normalized spacial score (nSPS) is 37.5. The SMILES string of the molecule is CCC1(C)OC(=O)N(CCO)C1(C)O. The van der Waals surface area contributed by atoms with Gasteiger partial charge < -0.3 is 14.9 Å². The third kappa shape index (κ3) is 1.36. The van der Waals surface area contributed by atoms with Crippen LogP contribution in [0.2, 0.25) is 0 Å². The molecule has 0 aromatic heterocycles. The summed E-state index contributed by atoms with van der Waals surface area (Å²) < 4.78 is 5.10. The Labute approximate surface area is 83.3 Å². The summed E-state index contributed by atoms with van der Waals surface area (Å²) in [4.78, 5) is 12.5. The Morgan fingerprint density at radius 1 is 1.50 bits per heavy atom. The maximum atomic E-state index is 11.4. The minimum Gasteiger partial charge on any atom is -0.438 e. The van der Waals surface area contributed by atoms with Crippen molar-refractivity contribution in [3.8, 4) is 0 Å². The molecule has 0 aliphatic carbocycles. The molecule has 5 heteroatoms. The van der Waals surface area contributed by atoms with E-state index in [-0.39, 0.29) is 13.2 Å². The lowest BCUT2D eigenvalue weighted by Gasteiger charge is -2.36. The van der Waals surface area contributed by atoms with Crippen molar-refractivity contribution in [2.75, 3.05) is 13.2 Å². The van der Waals surface area contributed by atoms with Crippen molar-refractivity contribution in [3.63, 3.8) is 0 Å². The summed E-state index contributed by atoms with van der Waals surface area (Å²) in [5, 5.41) is 18.9. The van der Waals surface area contributed by atoms with E-state index in [4.69, 9.17) is 9.84 Å². The van der Waals surface area contributed by atoms with Gasteiger partial charge in [-0.05, 0) is 20.3 Å². The number of hydrogen-bond donors (Lipinski definition) is 2. The summed E-state index contributed by atoms with van der Waals surface area (Å²) in [5.41, 5.74) is -2.26. The Morgan fingerprint density at radius 3 is 2.43 bits per heavy atom. The number of carbonyl (C=O) groups excluding carboxylic acids is 1. The Hall–Kier alpha value is -0.810. The summed E-state index contributed by atoms with van der Waals surface area (Å²) in [5.74, 6) is 0. The molecule has 0 saturated carbocycles. The van der Waals surface area contributed by atoms with Gasteiger partial charge in [0, 0.05) is 0 Å². The first-order valence-corrected chi connectivity index (χ1v) is 4.73. The van der Waals surface area contributed by atoms with Gasteiger partial charge in [0.15, 0.2) is 11.3 Å². The van der Waals surface area contributed by atoms with Crippen LogP contribution in [0.25, 0.3) is 0 Å². The second-order valence-electron chi connectivity index (χ2n) is 3.85. The first-order valence-electron chi connectivity index (χ1n) is 4.73. The Balaban J connectivity index is 2.95. The summed E-state index contributed by atoms with van der Waals surface area (Å²) in [6, 6.07) is 0. The monoisotopic (exact) mass is 203 g/mol. The van der Waals surface area contributed by atoms with Gasteiger partial charge >= 0.3 is 6.09 Å². The van der Waals surface area contributed by atoms with Gasteiger partial charge in [0.25, 0.3) is 0 Å². The Bertz CT molecular complexity index is 241. The number of hydrogen-bond acceptors (Lipinski definition) is 4. The highest BCUT2D eigenvalue weighted by atomic mass is 16.6. The van der Waals surface area contributed by atoms with Crippen molar-refractivity contribution in [3.05, 3.63) is 0 Å². The number of carbonyl (C=O) groups is 1. The van der Waals surface area contributed by atoms with Crippen LogP contribution in [-0.2, 0) is 4.74 Å². The van der Waals surface area contributed by atoms with Crippen LogP contribution in [-0.4, -0.2) is 45.7 Å². The topological polar surface area (TPSA) is 70.0 Å². The molecule has 1 rings (SSSR count). The van der Waals surface area contributed by atoms with E-state index in [2.05, 4.69) is 0 Å². The lowest BCUT2D eigenvalue weighted by atomic mass is 9.91. The molecule has 0 spiro atoms. The summed E-state index contributed by atoms with van der Waals surface area (Å²) >= 11 is 0. The van der Waals surface area contributed by atoms with E-state index in [0.29, 0.717) is 6.42 Å². The van der Waals surface area contributed by atoms with Gasteiger partial charge in [-0.1, -0.05) is 6.92 Å². The van der Waals surface area contributed by atoms with Crippen LogP contribution in [0.3, 0.4) is 0 Å². The summed E-state index contributed by atoms with van der Waals surface area (Å²) in [7, 11) is 0. The molecule has 1 aliphatic rings. The first-order chi connectivity index (χ1) is 6.39. The Morgan fingerprint density at radius 2 is 2.07 bits per heavy atom. The third-order valence-electron chi connectivity index (χ3n) is 3.06. The molecule has 1 saturated heterocycles. The maximum absolute atomic E-state index is 11.4. The average molecular weight is 203 g/mol. The molecule has 0 bridgehead atoms. The molecule has 0 aromatic carbocycles. The number of aliphatic hydroxyl groups excluding tert-OH is 1. The Kier molecular flexibility index (Phi) is 2.74. The molecule has 5 nitrogen and oxygen atoms in total. The van der Waals surface area contributed by atoms with Gasteiger partial charge in [-0.25, -0.2) is 4.79 Å². The van der Waals surface area contributed by atoms with Crippen LogP contribution < -0.4 is 0 Å². The smallest absolute Gasteiger partial charge is 0.412 e. The molecular weight excluding hydrogens is 186 g/mol. The fourth-order valence-electron chi connectivity index (χ4n) is 1.62. The van der Waals surface area contributed by atoms with Gasteiger partial charge in [-0.3, -0.25) is 4.90 Å². The van der Waals surface area contributed by atoms with E-state index in [9.17, 15) is 9.90 Å². The van der Waals surface area contributed by atoms with Gasteiger partial charge in [0.2, 0.25) is 0 Å². The lowest BCUT2D eigenvalue weighted by molar-refractivity contribution is -0.138. The molecule has 0 aromatic rings. The molecule has 14 heavy (non-hydrogen) atoms. The number of β-amino-alcohol motifs (C(OH)–C–C–N with tert-alkyl or cyclic N) is 1. The predicted octanol–water partition coefficient (Wildman–Crippen LogP) is 0.308. The standard InChI is InChI=1S/C9H17NO4/c1-4-8(2)9(3,13)10(5-6-11)7(12)14-8/h11,13H,4-6H2,1-3H3. The van der Waals surface area contributed by atoms with E-state index in [0.717, 1.165) is 4.90 Å². The quantitative estimate of drug-likeness (QED) is 0.692. The second kappa shape index (κ2) is 3.40. The zero-order chi connectivity index (χ0) is 11.0. The third-order valence-corrected chi connectivity index (χ3v) is 3.06. The van der Waals surface area contributed by atoms with Crippen LogP contribution in [0.15, 0.2) is 0 Å². The van der Waals surface area contributed by atoms with E-state index in [1.807, 2.05) is 6.92 Å². The fourth-order valence-corrected chi connectivity index (χ4v) is 1.62. The first kappa shape index (κ1) is 11.3. The van der Waals surface area contributed by atoms with Crippen LogP contribution >= 0.6 is 0 Å². The second-order valence-corrected chi connectivity index (χ2v) is 3.85. The number of cyclic esters (lactones) is 1. The van der Waals surface area contributed by atoms with E-state index >= 15 is 0 Å². The minimum absolute atomic E-state index is 0.0847. The predicted molar refractivity (Wildman–Crippen MR) is 49.6 cm³/mol. The van der Waals surface area contributed by atoms with E-state index in [1.165, 1.54) is 6.92 Å². The largest absolute Gasteiger partial charge is 0.438 e. The van der Waals surface area contributed by atoms with Crippen LogP contribution in [0.1, 0.15) is 27.2 Å². The van der Waals surface area contributed by atoms with E-state index < -0.39 is 17.4 Å². The minimum atomic E-state index is -1.36. The van der Waals surface area contributed by atoms with Crippen molar-refractivity contribution in [2.24, 2.45) is 0 Å². The molecule has 1 amide bonds. The molecule has 1 fully saturated rings. The zero-order valence-corrected chi connectivity index (χ0v) is 8.78. The lowest BCUT2D eigenvalue weighted by Crippen LogP contribution is -2.55. The van der Waals surface area contributed by atoms with Gasteiger partial charge in [0.1, 0.15) is 0 Å². The molecule has 2 unspecified atom stereocenters. The van der Waals surface area contributed by atoms with Gasteiger partial charge in [0.05, 0.1) is 13.2 Å². The molecule has 0 radical (unpaired) electrons. The van der Waals surface area contributed by atoms with Gasteiger partial charge in [-0.15, -0.1) is 0 Å². The maximum Gasteiger partial charge on any atom is 0.412 e. The number of ether oxygens (including phenoxy) is 1. The number of rotatable bonds is 3. The number of amides is 1. The molecule has 2 atom stereocenters. The van der Waals surface area contributed by atoms with Crippen molar-refractivity contribution >= 4 is 6.09 Å². The number of aliphatic hydroxyl groups is 2. The average Bonchev–Trinajstić information content (AvgIpc) is 2.27. The van der Waals surface area contributed by atoms with Crippen LogP contribution in [0.5, 0.6) is 0 Å². The van der Waals surface area contributed by atoms with Crippen LogP contribution in [0, 0.1) is 0 Å². The van der Waals surface area contributed by atoms with E-state index in [1.54, 1.807) is 6.92 Å². The molecule has 1 heterocycles. The van der Waals surface area contributed by atoms with Gasteiger partial charge in [-0.2, -0.15) is 0 Å². The van der Waals surface area contributed by atoms with Crippen LogP contribution in [0.4, 0.5) is 4.79 Å². The van der Waals surface area contributed by atoms with Crippen molar-refractivity contribution in [1.82, 2.24) is 4.90 Å². The molecular formula is C9H17NO4. The molecule has 1 aliphatic heterocycles. The molecule has 2 N–H and O–H groups in total. The summed E-state index contributed by atoms with van der Waals surface area (Å²) in [6.45, 7) is 4.94. The number of nitrogens with zero attached hydrogens (tertiary/aromatic N) is 1. The highest BCUT2D eigenvalue weighted by molar-refractivity contribution is 5.72. The highest BCUT2D eigenvalue weighted by Crippen LogP contribution is 2.39. The fraction of sp³-hybridized carbons (Fsp3) is 0.889. The zero-order valence-electron chi connectivity index (χ0n) is 8.78. The summed E-state index contributed by atoms with van der Waals surface area (Å²) in [6.07, 6.45) is -0.0541. The molecule has 82 valence electrons. The van der Waals surface area contributed by atoms with Crippen molar-refractivity contribution in [2.45, 2.75) is 38.5 Å².